The summed E-state index contributed by atoms with van der Waals surface area (Å²) in [6, 6.07) is 99.2. The topological polar surface area (TPSA) is 332 Å². The first-order valence-corrected chi connectivity index (χ1v) is 46.9. The molecule has 21 rings (SSSR count). The Hall–Kier alpha value is -18.2. The molecule has 140 heavy (non-hydrogen) atoms. The Morgan fingerprint density at radius 2 is 0.550 bits per heavy atom. The minimum Gasteiger partial charge on any atom is -0.486 e. The Balaban J connectivity index is 0.687. The normalized spacial score (nSPS) is 13.1. The highest BCUT2D eigenvalue weighted by atomic mass is 32.2. The summed E-state index contributed by atoms with van der Waals surface area (Å²) in [6.07, 6.45) is 13.5. The van der Waals surface area contributed by atoms with E-state index < -0.39 is 29.6 Å². The number of carboxylic acid groups (broad SMARTS) is 4. The van der Waals surface area contributed by atoms with Crippen LogP contribution in [0, 0.1) is 40.6 Å². The number of fused-ring (bicyclic) bond motifs is 16. The van der Waals surface area contributed by atoms with Crippen molar-refractivity contribution >= 4 is 187 Å². The first kappa shape index (κ1) is 88.4. The minimum absolute atomic E-state index is 0.0917. The number of rotatable bonds is 24. The monoisotopic (exact) mass is 1900 g/mol. The SMILES string of the molecule is [C-]#[N+]/C(=C/c1ccc2c(c1)Sc1ccccc1N2COc1ccc(-c2c3nc(c(-c4ccc(OCN5c6ccccc6Sc6cc(/C=C(/C#N)C(=O)O)ccc65)cc4)c4ccc([nH]4)c(-c4ccc(OCN5c6ccccc6Sc6cc(/C=C(\C#N)C(=O)O)ccc65)cc4)c4nc(c(-c5ccc(OCN6c7ccccc7Sc7cc(/C=C(/C#N)C(=O)O)ccc76)cc5)c5ccc2[nH]5)C=C4)C=C3)cc1)C(=O)O. The molecule has 6 N–H and O–H groups in total. The third-order valence-corrected chi connectivity index (χ3v) is 28.4. The number of H-pyrrole nitrogens is 2. The Bertz CT molecular complexity index is 7350. The summed E-state index contributed by atoms with van der Waals surface area (Å²) in [5, 5.41) is 67.9. The van der Waals surface area contributed by atoms with Crippen molar-refractivity contribution in [3.8, 4) is 85.7 Å². The Labute approximate surface area is 817 Å². The van der Waals surface area contributed by atoms with E-state index in [1.165, 1.54) is 24.3 Å². The van der Waals surface area contributed by atoms with Crippen LogP contribution in [0.25, 0.3) is 120 Å². The fourth-order valence-electron chi connectivity index (χ4n) is 17.4. The highest BCUT2D eigenvalue weighted by Gasteiger charge is 2.32. The number of para-hydroxylation sites is 4. The molecule has 9 heterocycles. The molecule has 15 aromatic rings. The summed E-state index contributed by atoms with van der Waals surface area (Å²) in [4.78, 5) is 85.7. The highest BCUT2D eigenvalue weighted by molar-refractivity contribution is 8.00. The summed E-state index contributed by atoms with van der Waals surface area (Å²) in [7, 11) is 0. The molecule has 674 valence electrons. The van der Waals surface area contributed by atoms with Gasteiger partial charge in [0.05, 0.1) is 74.8 Å². The van der Waals surface area contributed by atoms with E-state index in [4.69, 9.17) is 35.5 Å². The zero-order valence-electron chi connectivity index (χ0n) is 73.3. The molecule has 0 saturated carbocycles. The van der Waals surface area contributed by atoms with Gasteiger partial charge in [-0.1, -0.05) is 168 Å². The number of carbonyl (C=O) groups is 4. The van der Waals surface area contributed by atoms with Gasteiger partial charge in [0.1, 0.15) is 57.9 Å². The third-order valence-electron chi connectivity index (χ3n) is 24.0. The van der Waals surface area contributed by atoms with Gasteiger partial charge in [0, 0.05) is 83.5 Å². The Morgan fingerprint density at radius 1 is 0.314 bits per heavy atom. The molecule has 0 unspecified atom stereocenters. The van der Waals surface area contributed by atoms with Gasteiger partial charge >= 0.3 is 23.9 Å². The van der Waals surface area contributed by atoms with E-state index >= 15 is 0 Å². The Kier molecular flexibility index (Phi) is 24.0. The molecule has 8 bridgehead atoms. The summed E-state index contributed by atoms with van der Waals surface area (Å²) < 4.78 is 27.1. The van der Waals surface area contributed by atoms with Gasteiger partial charge < -0.3 is 68.9 Å². The van der Waals surface area contributed by atoms with Crippen LogP contribution in [0.5, 0.6) is 23.0 Å². The molecule has 0 fully saturated rings. The number of nitrogens with one attached hydrogen (secondary N) is 2. The molecule has 0 amide bonds. The van der Waals surface area contributed by atoms with Gasteiger partial charge in [-0.2, -0.15) is 15.8 Å². The van der Waals surface area contributed by atoms with Crippen LogP contribution < -0.4 is 38.5 Å². The Morgan fingerprint density at radius 3 is 0.779 bits per heavy atom. The number of nitriles is 3. The first-order chi connectivity index (χ1) is 68.4. The number of hydrogen-bond donors (Lipinski definition) is 6. The number of aliphatic carboxylic acids is 4. The number of nitrogens with zero attached hydrogens (tertiary/aromatic N) is 10. The molecular formula is C112H70N12O12S4. The van der Waals surface area contributed by atoms with Gasteiger partial charge in [0.2, 0.25) is 0 Å². The smallest absolute Gasteiger partial charge is 0.346 e. The largest absolute Gasteiger partial charge is 0.486 e. The van der Waals surface area contributed by atoms with Gasteiger partial charge in [0.25, 0.3) is 5.70 Å². The second kappa shape index (κ2) is 38.0. The van der Waals surface area contributed by atoms with Crippen LogP contribution >= 0.6 is 47.0 Å². The standard InChI is InChI=1S/C112H70N12O12S4/c1-116-88(112(131)132)53-68-21-49-96-104(57-68)140-100-17-9-5-13-92(100)124(96)64-136-79-36-28-72(29-37-79)108-86-44-42-84(119-86)106(70-24-32-77(33-25-70)134-62-122-90-11-3-7-15-98(90)138-102-55-66(19-47-94(102)122)51-74(59-114)110(127)128)82-40-38-80(117-82)105(69-22-30-76(31-23-69)133-61-121-89-10-2-6-14-97(89)137-101-54-65(18-46-93(101)121)50-73(58-113)109(125)126)81-39-41-83(118-81)107(85-43-45-87(108)120-85)71-26-34-78(35-27-71)135-63-123-91-12-4-8-16-99(91)139-103-56-67(20-48-95(103)123)52-75(60-115)111(129)130/h2-57,117,120H,61-64H2,(H,125,126)(H,127,128)(H,129,130)(H,131,132)/b73-50+,74-51-,75-52-,88-53+,105-80?,105-81?,106-82?,106-84?,107-83?,107-85?,108-86?,108-87?. The lowest BCUT2D eigenvalue weighted by molar-refractivity contribution is -0.133. The van der Waals surface area contributed by atoms with Crippen molar-refractivity contribution in [2.75, 3.05) is 46.5 Å². The zero-order chi connectivity index (χ0) is 95.8. The summed E-state index contributed by atoms with van der Waals surface area (Å²) in [6.45, 7) is 7.88. The lowest BCUT2D eigenvalue weighted by Gasteiger charge is -2.32. The number of benzene rings is 12. The maximum absolute atomic E-state index is 11.9. The molecule has 0 aliphatic carbocycles. The highest BCUT2D eigenvalue weighted by Crippen LogP contribution is 2.54. The quantitative estimate of drug-likeness (QED) is 0.0186. The van der Waals surface area contributed by atoms with Crippen LogP contribution in [0.1, 0.15) is 45.0 Å². The fourth-order valence-corrected chi connectivity index (χ4v) is 22.0. The van der Waals surface area contributed by atoms with Crippen LogP contribution in [-0.4, -0.2) is 91.2 Å². The van der Waals surface area contributed by atoms with E-state index in [0.717, 1.165) is 129 Å². The van der Waals surface area contributed by atoms with Crippen molar-refractivity contribution in [1.29, 1.82) is 15.8 Å². The van der Waals surface area contributed by atoms with Gasteiger partial charge in [-0.15, -0.1) is 0 Å². The van der Waals surface area contributed by atoms with Crippen molar-refractivity contribution in [2.24, 2.45) is 0 Å². The molecule has 6 aliphatic rings. The van der Waals surface area contributed by atoms with Crippen molar-refractivity contribution in [1.82, 2.24) is 19.9 Å². The molecule has 24 nitrogen and oxygen atoms in total. The lowest BCUT2D eigenvalue weighted by Crippen LogP contribution is -2.25. The molecule has 3 aromatic heterocycles. The van der Waals surface area contributed by atoms with Gasteiger partial charge in [-0.25, -0.2) is 29.2 Å². The second-order valence-corrected chi connectivity index (χ2v) is 36.8. The molecule has 0 spiro atoms. The van der Waals surface area contributed by atoms with Crippen LogP contribution in [0.4, 0.5) is 45.5 Å². The van der Waals surface area contributed by atoms with E-state index in [2.05, 4.69) is 34.4 Å². The molecule has 6 aliphatic heterocycles. The summed E-state index contributed by atoms with van der Waals surface area (Å²) >= 11 is 6.17. The van der Waals surface area contributed by atoms with Gasteiger partial charge in [-0.3, -0.25) is 4.79 Å². The van der Waals surface area contributed by atoms with E-state index in [1.807, 2.05) is 291 Å². The average Bonchev–Trinajstić information content (AvgIpc) is 1.70. The van der Waals surface area contributed by atoms with E-state index in [0.29, 0.717) is 90.1 Å². The number of aromatic nitrogens is 4. The van der Waals surface area contributed by atoms with Gasteiger partial charge in [-0.05, 0) is 263 Å². The molecule has 28 heteroatoms. The van der Waals surface area contributed by atoms with Crippen molar-refractivity contribution < 1.29 is 58.6 Å². The van der Waals surface area contributed by atoms with Crippen molar-refractivity contribution in [2.45, 2.75) is 39.2 Å². The first-order valence-electron chi connectivity index (χ1n) is 43.6. The number of ether oxygens (including phenoxy) is 4. The van der Waals surface area contributed by atoms with Crippen LogP contribution in [0.15, 0.2) is 353 Å². The number of aromatic amines is 2. The molecule has 12 aromatic carbocycles. The number of hydrogen-bond acceptors (Lipinski definition) is 21. The zero-order valence-corrected chi connectivity index (χ0v) is 76.6. The van der Waals surface area contributed by atoms with Crippen LogP contribution in [-0.2, 0) is 19.2 Å². The van der Waals surface area contributed by atoms with Crippen molar-refractivity contribution in [3.63, 3.8) is 0 Å². The van der Waals surface area contributed by atoms with E-state index in [-0.39, 0.29) is 43.6 Å². The average molecular weight is 1900 g/mol. The number of carboxylic acids is 4. The van der Waals surface area contributed by atoms with Crippen LogP contribution in [0.3, 0.4) is 0 Å². The second-order valence-electron chi connectivity index (χ2n) is 32.5. The predicted molar refractivity (Wildman–Crippen MR) is 545 cm³/mol. The molecule has 0 radical (unpaired) electrons. The summed E-state index contributed by atoms with van der Waals surface area (Å²) in [5.74, 6) is -3.00. The number of anilines is 8. The van der Waals surface area contributed by atoms with Gasteiger partial charge in [0.15, 0.2) is 26.9 Å². The van der Waals surface area contributed by atoms with Crippen molar-refractivity contribution in [3.05, 3.63) is 370 Å². The summed E-state index contributed by atoms with van der Waals surface area (Å²) in [5.41, 5.74) is 19.3. The molecule has 0 saturated heterocycles. The van der Waals surface area contributed by atoms with E-state index in [1.54, 1.807) is 89.5 Å². The maximum atomic E-state index is 11.9. The minimum atomic E-state index is -1.32. The maximum Gasteiger partial charge on any atom is 0.346 e. The van der Waals surface area contributed by atoms with Crippen LogP contribution in [0.2, 0.25) is 0 Å². The predicted octanol–water partition coefficient (Wildman–Crippen LogP) is 26.2. The molecular weight excluding hydrogens is 1830 g/mol. The third kappa shape index (κ3) is 17.6. The molecule has 0 atom stereocenters. The lowest BCUT2D eigenvalue weighted by atomic mass is 10.0. The fraction of sp³-hybridized carbons (Fsp3) is 0.0357. The van der Waals surface area contributed by atoms with E-state index in [9.17, 15) is 55.4 Å².